The molecule has 46 heavy (non-hydrogen) atoms. The molecule has 4 aromatic carbocycles. The largest absolute Gasteiger partial charge is 0.490 e. The van der Waals surface area contributed by atoms with Crippen molar-refractivity contribution < 1.29 is 28.5 Å². The molecular weight excluding hydrogens is 674 g/mol. The summed E-state index contributed by atoms with van der Waals surface area (Å²) in [6, 6.07) is 22.9. The highest BCUT2D eigenvalue weighted by Gasteiger charge is 2.22. The zero-order valence-electron chi connectivity index (χ0n) is 25.4. The minimum Gasteiger partial charge on any atom is -0.490 e. The lowest BCUT2D eigenvalue weighted by Gasteiger charge is -2.13. The summed E-state index contributed by atoms with van der Waals surface area (Å²) in [5.74, 6) is 0.529. The van der Waals surface area contributed by atoms with Gasteiger partial charge in [-0.15, -0.1) is 0 Å². The normalized spacial score (nSPS) is 11.1. The molecule has 1 heterocycles. The highest BCUT2D eigenvalue weighted by molar-refractivity contribution is 9.10. The third-order valence-electron chi connectivity index (χ3n) is 6.78. The van der Waals surface area contributed by atoms with Crippen LogP contribution in [0.5, 0.6) is 23.0 Å². The summed E-state index contributed by atoms with van der Waals surface area (Å²) in [7, 11) is 0. The van der Waals surface area contributed by atoms with Gasteiger partial charge in [-0.05, 0) is 90.8 Å². The lowest BCUT2D eigenvalue weighted by atomic mass is 10.0. The van der Waals surface area contributed by atoms with Crippen molar-refractivity contribution >= 4 is 56.5 Å². The molecule has 0 saturated heterocycles. The molecule has 5 aromatic rings. The Kier molecular flexibility index (Phi) is 10.6. The van der Waals surface area contributed by atoms with E-state index in [9.17, 15) is 9.59 Å². The smallest absolute Gasteiger partial charge is 0.343 e. The van der Waals surface area contributed by atoms with E-state index < -0.39 is 11.9 Å². The van der Waals surface area contributed by atoms with Gasteiger partial charge in [-0.2, -0.15) is 5.10 Å². The molecule has 5 rings (SSSR count). The van der Waals surface area contributed by atoms with Crippen LogP contribution in [0.25, 0.3) is 22.0 Å². The van der Waals surface area contributed by atoms with Gasteiger partial charge >= 0.3 is 5.97 Å². The number of aromatic nitrogens is 1. The Hall–Kier alpha value is -4.80. The molecule has 0 spiro atoms. The summed E-state index contributed by atoms with van der Waals surface area (Å²) >= 11 is 10.1. The number of hydrazone groups is 1. The first kappa shape index (κ1) is 32.6. The molecule has 0 unspecified atom stereocenters. The van der Waals surface area contributed by atoms with Crippen molar-refractivity contribution in [1.82, 2.24) is 10.4 Å². The quantitative estimate of drug-likeness (QED) is 0.0584. The molecule has 9 nitrogen and oxygen atoms in total. The number of carbonyl (C=O) groups excluding carboxylic acids is 2. The fourth-order valence-electron chi connectivity index (χ4n) is 4.81. The topological polar surface area (TPSA) is 111 Å². The van der Waals surface area contributed by atoms with Gasteiger partial charge in [0.2, 0.25) is 0 Å². The molecule has 236 valence electrons. The molecule has 0 aliphatic carbocycles. The predicted octanol–water partition coefficient (Wildman–Crippen LogP) is 8.43. The SMILES string of the molecule is CCOc1ccc(C(=O)Oc2ccc(C=NNC(=O)c3[nH]c4c(Br)cccc4c3-c3ccccc3Cl)cc2OCC)cc1OCC. The van der Waals surface area contributed by atoms with Gasteiger partial charge in [0.1, 0.15) is 5.69 Å². The van der Waals surface area contributed by atoms with E-state index in [1.807, 2.05) is 57.2 Å². The second-order valence-electron chi connectivity index (χ2n) is 9.77. The van der Waals surface area contributed by atoms with E-state index in [4.69, 9.17) is 30.5 Å². The first-order valence-electron chi connectivity index (χ1n) is 14.6. The Balaban J connectivity index is 1.35. The molecule has 1 amide bonds. The van der Waals surface area contributed by atoms with Crippen molar-refractivity contribution in [3.8, 4) is 34.1 Å². The molecule has 11 heteroatoms. The van der Waals surface area contributed by atoms with E-state index in [-0.39, 0.29) is 5.75 Å². The van der Waals surface area contributed by atoms with E-state index in [2.05, 4.69) is 31.4 Å². The maximum atomic E-state index is 13.4. The van der Waals surface area contributed by atoms with Crippen LogP contribution < -0.4 is 24.4 Å². The second-order valence-corrected chi connectivity index (χ2v) is 11.0. The summed E-state index contributed by atoms with van der Waals surface area (Å²) < 4.78 is 23.5. The van der Waals surface area contributed by atoms with Crippen LogP contribution in [0.3, 0.4) is 0 Å². The van der Waals surface area contributed by atoms with Gasteiger partial charge in [0, 0.05) is 26.0 Å². The lowest BCUT2D eigenvalue weighted by Crippen LogP contribution is -2.19. The molecular formula is C35H31BrClN3O6. The average Bonchev–Trinajstić information content (AvgIpc) is 3.44. The van der Waals surface area contributed by atoms with E-state index in [1.54, 1.807) is 42.5 Å². The zero-order valence-corrected chi connectivity index (χ0v) is 27.7. The van der Waals surface area contributed by atoms with Gasteiger partial charge in [0.05, 0.1) is 37.1 Å². The standard InChI is InChI=1S/C35H31BrClN3O6/c1-4-43-27-17-15-22(19-30(27)45-6-3)35(42)46-28-16-14-21(18-29(28)44-5-2)20-38-40-34(41)33-31(23-10-7-8-13-26(23)37)24-11-9-12-25(36)32(24)39-33/h7-20,39H,4-6H2,1-3H3,(H,40,41). The van der Waals surface area contributed by atoms with Crippen LogP contribution in [0.4, 0.5) is 0 Å². The molecule has 0 bridgehead atoms. The van der Waals surface area contributed by atoms with E-state index >= 15 is 0 Å². The minimum absolute atomic E-state index is 0.230. The number of esters is 1. The number of para-hydroxylation sites is 1. The van der Waals surface area contributed by atoms with Gasteiger partial charge in [-0.25, -0.2) is 10.2 Å². The van der Waals surface area contributed by atoms with Gasteiger partial charge in [-0.1, -0.05) is 41.9 Å². The highest BCUT2D eigenvalue weighted by atomic mass is 79.9. The fourth-order valence-corrected chi connectivity index (χ4v) is 5.51. The molecule has 0 aliphatic heterocycles. The van der Waals surface area contributed by atoms with Crippen LogP contribution >= 0.6 is 27.5 Å². The van der Waals surface area contributed by atoms with Crippen LogP contribution in [0.15, 0.2) is 88.4 Å². The Morgan fingerprint density at radius 2 is 1.54 bits per heavy atom. The summed E-state index contributed by atoms with van der Waals surface area (Å²) in [6.07, 6.45) is 1.47. The van der Waals surface area contributed by atoms with Crippen molar-refractivity contribution in [1.29, 1.82) is 0 Å². The van der Waals surface area contributed by atoms with E-state index in [0.717, 1.165) is 15.4 Å². The molecule has 0 saturated carbocycles. The van der Waals surface area contributed by atoms with Crippen molar-refractivity contribution in [2.45, 2.75) is 20.8 Å². The Morgan fingerprint density at radius 3 is 2.28 bits per heavy atom. The molecule has 0 radical (unpaired) electrons. The molecule has 0 fully saturated rings. The van der Waals surface area contributed by atoms with Gasteiger partial charge in [0.25, 0.3) is 5.91 Å². The van der Waals surface area contributed by atoms with Crippen LogP contribution in [0.1, 0.15) is 47.2 Å². The first-order valence-corrected chi connectivity index (χ1v) is 15.8. The van der Waals surface area contributed by atoms with E-state index in [0.29, 0.717) is 70.0 Å². The van der Waals surface area contributed by atoms with Gasteiger partial charge < -0.3 is 23.9 Å². The number of H-pyrrole nitrogens is 1. The number of fused-ring (bicyclic) bond motifs is 1. The summed E-state index contributed by atoms with van der Waals surface area (Å²) in [4.78, 5) is 29.7. The molecule has 2 N–H and O–H groups in total. The maximum absolute atomic E-state index is 13.4. The fraction of sp³-hybridized carbons (Fsp3) is 0.171. The zero-order chi connectivity index (χ0) is 32.6. The van der Waals surface area contributed by atoms with Crippen LogP contribution in [-0.2, 0) is 0 Å². The highest BCUT2D eigenvalue weighted by Crippen LogP contribution is 2.39. The average molecular weight is 705 g/mol. The third-order valence-corrected chi connectivity index (χ3v) is 7.77. The molecule has 0 atom stereocenters. The van der Waals surface area contributed by atoms with Gasteiger partial charge in [0.15, 0.2) is 23.0 Å². The van der Waals surface area contributed by atoms with Crippen molar-refractivity contribution in [3.63, 3.8) is 0 Å². The Morgan fingerprint density at radius 1 is 0.848 bits per heavy atom. The Bertz CT molecular complexity index is 1920. The van der Waals surface area contributed by atoms with Crippen molar-refractivity contribution in [3.05, 3.63) is 105 Å². The van der Waals surface area contributed by atoms with E-state index in [1.165, 1.54) is 6.21 Å². The number of carbonyl (C=O) groups is 2. The lowest BCUT2D eigenvalue weighted by molar-refractivity contribution is 0.0727. The van der Waals surface area contributed by atoms with Gasteiger partial charge in [-0.3, -0.25) is 4.79 Å². The first-order chi connectivity index (χ1) is 22.3. The third kappa shape index (κ3) is 7.19. The molecule has 1 aromatic heterocycles. The number of aromatic amines is 1. The second kappa shape index (κ2) is 15.0. The summed E-state index contributed by atoms with van der Waals surface area (Å²) in [5.41, 5.74) is 5.95. The maximum Gasteiger partial charge on any atom is 0.343 e. The number of benzene rings is 4. The number of rotatable bonds is 12. The minimum atomic E-state index is -0.585. The summed E-state index contributed by atoms with van der Waals surface area (Å²) in [5, 5.41) is 5.53. The van der Waals surface area contributed by atoms with Crippen LogP contribution in [-0.4, -0.2) is 42.9 Å². The monoisotopic (exact) mass is 703 g/mol. The van der Waals surface area contributed by atoms with Crippen molar-refractivity contribution in [2.24, 2.45) is 5.10 Å². The van der Waals surface area contributed by atoms with Crippen LogP contribution in [0.2, 0.25) is 5.02 Å². The van der Waals surface area contributed by atoms with Crippen molar-refractivity contribution in [2.75, 3.05) is 19.8 Å². The summed E-state index contributed by atoms with van der Waals surface area (Å²) in [6.45, 7) is 6.76. The number of nitrogens with one attached hydrogen (secondary N) is 2. The number of ether oxygens (including phenoxy) is 4. The predicted molar refractivity (Wildman–Crippen MR) is 183 cm³/mol. The van der Waals surface area contributed by atoms with Crippen LogP contribution in [0, 0.1) is 0 Å². The number of nitrogens with zero attached hydrogens (tertiary/aromatic N) is 1. The number of amides is 1. The number of halogens is 2. The number of hydrogen-bond acceptors (Lipinski definition) is 7. The molecule has 0 aliphatic rings. The number of hydrogen-bond donors (Lipinski definition) is 2. The Labute approximate surface area is 279 Å².